The highest BCUT2D eigenvalue weighted by atomic mass is 15.2. The fourth-order valence-electron chi connectivity index (χ4n) is 3.35. The highest BCUT2D eigenvalue weighted by Crippen LogP contribution is 2.33. The first-order valence-electron chi connectivity index (χ1n) is 8.74. The van der Waals surface area contributed by atoms with E-state index in [9.17, 15) is 0 Å². The van der Waals surface area contributed by atoms with Gasteiger partial charge in [-0.15, -0.1) is 0 Å². The monoisotopic (exact) mass is 330 g/mol. The normalized spacial score (nSPS) is 13.4. The van der Waals surface area contributed by atoms with Crippen molar-refractivity contribution in [1.29, 1.82) is 0 Å². The van der Waals surface area contributed by atoms with Crippen molar-refractivity contribution in [2.75, 3.05) is 16.8 Å². The van der Waals surface area contributed by atoms with Crippen molar-refractivity contribution in [2.24, 2.45) is 0 Å². The Kier molecular flexibility index (Phi) is 4.10. The van der Waals surface area contributed by atoms with E-state index in [1.165, 1.54) is 16.8 Å². The Morgan fingerprint density at radius 3 is 2.64 bits per heavy atom. The lowest BCUT2D eigenvalue weighted by atomic mass is 10.0. The van der Waals surface area contributed by atoms with Gasteiger partial charge in [-0.1, -0.05) is 36.4 Å². The Morgan fingerprint density at radius 1 is 0.960 bits per heavy atom. The van der Waals surface area contributed by atoms with Crippen molar-refractivity contribution >= 4 is 23.1 Å². The number of hydrogen-bond donors (Lipinski definition) is 1. The van der Waals surface area contributed by atoms with Crippen molar-refractivity contribution in [1.82, 2.24) is 9.97 Å². The van der Waals surface area contributed by atoms with E-state index >= 15 is 0 Å². The summed E-state index contributed by atoms with van der Waals surface area (Å²) < 4.78 is 0. The number of para-hydroxylation sites is 2. The molecule has 1 aliphatic rings. The van der Waals surface area contributed by atoms with Gasteiger partial charge in [0, 0.05) is 29.7 Å². The molecule has 0 radical (unpaired) electrons. The molecule has 126 valence electrons. The molecule has 0 unspecified atom stereocenters. The third-order valence-corrected chi connectivity index (χ3v) is 4.62. The zero-order valence-corrected chi connectivity index (χ0v) is 14.7. The molecule has 1 N–H and O–H groups in total. The molecule has 1 aromatic heterocycles. The average Bonchev–Trinajstić information content (AvgIpc) is 2.63. The summed E-state index contributed by atoms with van der Waals surface area (Å²) in [4.78, 5) is 11.7. The molecule has 0 spiro atoms. The molecule has 2 aromatic carbocycles. The number of fused-ring (bicyclic) bond motifs is 1. The van der Waals surface area contributed by atoms with Gasteiger partial charge in [-0.2, -0.15) is 4.98 Å². The van der Waals surface area contributed by atoms with E-state index in [2.05, 4.69) is 64.6 Å². The molecular formula is C21H22N4. The first kappa shape index (κ1) is 15.6. The van der Waals surface area contributed by atoms with Crippen LogP contribution >= 0.6 is 0 Å². The maximum atomic E-state index is 4.80. The maximum absolute atomic E-state index is 4.80. The van der Waals surface area contributed by atoms with Gasteiger partial charge in [-0.25, -0.2) is 4.98 Å². The number of rotatable bonds is 3. The Morgan fingerprint density at radius 2 is 1.76 bits per heavy atom. The maximum Gasteiger partial charge on any atom is 0.229 e. The minimum absolute atomic E-state index is 0.646. The highest BCUT2D eigenvalue weighted by Gasteiger charge is 2.19. The summed E-state index contributed by atoms with van der Waals surface area (Å²) in [6.07, 6.45) is 2.27. The van der Waals surface area contributed by atoms with E-state index in [-0.39, 0.29) is 0 Å². The minimum Gasteiger partial charge on any atom is -0.326 e. The molecule has 0 bridgehead atoms. The minimum atomic E-state index is 0.646. The lowest BCUT2D eigenvalue weighted by Crippen LogP contribution is -2.25. The van der Waals surface area contributed by atoms with Gasteiger partial charge >= 0.3 is 0 Å². The van der Waals surface area contributed by atoms with Gasteiger partial charge in [0.25, 0.3) is 0 Å². The van der Waals surface area contributed by atoms with E-state index in [1.54, 1.807) is 0 Å². The molecule has 0 aliphatic carbocycles. The van der Waals surface area contributed by atoms with Crippen LogP contribution < -0.4 is 10.2 Å². The molecule has 0 amide bonds. The van der Waals surface area contributed by atoms with Crippen LogP contribution in [0, 0.1) is 13.8 Å². The van der Waals surface area contributed by atoms with Gasteiger partial charge in [0.1, 0.15) is 5.82 Å². The molecule has 0 saturated carbocycles. The largest absolute Gasteiger partial charge is 0.326 e. The molecule has 3 aromatic rings. The fourth-order valence-corrected chi connectivity index (χ4v) is 3.35. The van der Waals surface area contributed by atoms with Crippen molar-refractivity contribution in [3.63, 3.8) is 0 Å². The van der Waals surface area contributed by atoms with Crippen LogP contribution in [0.1, 0.15) is 23.2 Å². The third-order valence-electron chi connectivity index (χ3n) is 4.62. The molecule has 4 rings (SSSR count). The number of anilines is 4. The number of nitrogens with one attached hydrogen (secondary N) is 1. The Labute approximate surface area is 148 Å². The molecule has 25 heavy (non-hydrogen) atoms. The second-order valence-electron chi connectivity index (χ2n) is 6.51. The van der Waals surface area contributed by atoms with Gasteiger partial charge < -0.3 is 10.2 Å². The van der Waals surface area contributed by atoms with E-state index < -0.39 is 0 Å². The number of aryl methyl sites for hydroxylation is 3. The SMILES string of the molecule is Cc1cc(N2CCCc3ccccc32)nc(Nc2ccccc2C)n1. The van der Waals surface area contributed by atoms with E-state index in [0.29, 0.717) is 5.95 Å². The number of nitrogens with zero attached hydrogens (tertiary/aromatic N) is 3. The summed E-state index contributed by atoms with van der Waals surface area (Å²) in [6.45, 7) is 5.08. The topological polar surface area (TPSA) is 41.1 Å². The standard InChI is InChI=1S/C21H22N4/c1-15-8-3-5-11-18(15)23-21-22-16(2)14-20(24-21)25-13-7-10-17-9-4-6-12-19(17)25/h3-6,8-9,11-12,14H,7,10,13H2,1-2H3,(H,22,23,24). The van der Waals surface area contributed by atoms with Crippen LogP contribution in [0.5, 0.6) is 0 Å². The molecule has 2 heterocycles. The zero-order chi connectivity index (χ0) is 17.2. The number of aromatic nitrogens is 2. The van der Waals surface area contributed by atoms with Crippen LogP contribution in [0.15, 0.2) is 54.6 Å². The smallest absolute Gasteiger partial charge is 0.229 e. The molecule has 4 heteroatoms. The highest BCUT2D eigenvalue weighted by molar-refractivity contribution is 5.67. The van der Waals surface area contributed by atoms with E-state index in [1.807, 2.05) is 19.1 Å². The lowest BCUT2D eigenvalue weighted by Gasteiger charge is -2.30. The Bertz CT molecular complexity index is 904. The van der Waals surface area contributed by atoms with Crippen molar-refractivity contribution < 1.29 is 0 Å². The van der Waals surface area contributed by atoms with Crippen LogP contribution in [0.2, 0.25) is 0 Å². The van der Waals surface area contributed by atoms with Crippen LogP contribution in [0.25, 0.3) is 0 Å². The van der Waals surface area contributed by atoms with Gasteiger partial charge in [-0.05, 0) is 49.9 Å². The predicted octanol–water partition coefficient (Wildman–Crippen LogP) is 4.92. The third kappa shape index (κ3) is 3.20. The summed E-state index contributed by atoms with van der Waals surface area (Å²) in [5, 5.41) is 3.37. The molecular weight excluding hydrogens is 308 g/mol. The zero-order valence-electron chi connectivity index (χ0n) is 14.7. The van der Waals surface area contributed by atoms with E-state index in [0.717, 1.165) is 36.6 Å². The van der Waals surface area contributed by atoms with Crippen LogP contribution in [-0.4, -0.2) is 16.5 Å². The summed E-state index contributed by atoms with van der Waals surface area (Å²) in [5.74, 6) is 1.60. The summed E-state index contributed by atoms with van der Waals surface area (Å²) in [7, 11) is 0. The second-order valence-corrected chi connectivity index (χ2v) is 6.51. The Hall–Kier alpha value is -2.88. The average molecular weight is 330 g/mol. The van der Waals surface area contributed by atoms with Crippen LogP contribution in [-0.2, 0) is 6.42 Å². The number of hydrogen-bond acceptors (Lipinski definition) is 4. The van der Waals surface area contributed by atoms with Gasteiger partial charge in [-0.3, -0.25) is 0 Å². The van der Waals surface area contributed by atoms with Crippen molar-refractivity contribution in [2.45, 2.75) is 26.7 Å². The molecule has 0 atom stereocenters. The molecule has 1 aliphatic heterocycles. The van der Waals surface area contributed by atoms with Gasteiger partial charge in [0.2, 0.25) is 5.95 Å². The number of benzene rings is 2. The van der Waals surface area contributed by atoms with Crippen LogP contribution in [0.3, 0.4) is 0 Å². The summed E-state index contributed by atoms with van der Waals surface area (Å²) >= 11 is 0. The van der Waals surface area contributed by atoms with Crippen LogP contribution in [0.4, 0.5) is 23.1 Å². The quantitative estimate of drug-likeness (QED) is 0.740. The lowest BCUT2D eigenvalue weighted by molar-refractivity contribution is 0.758. The first-order chi connectivity index (χ1) is 12.2. The molecule has 4 nitrogen and oxygen atoms in total. The molecule has 0 saturated heterocycles. The Balaban J connectivity index is 1.70. The van der Waals surface area contributed by atoms with Crippen molar-refractivity contribution in [3.05, 3.63) is 71.4 Å². The predicted molar refractivity (Wildman–Crippen MR) is 103 cm³/mol. The first-order valence-corrected chi connectivity index (χ1v) is 8.74. The van der Waals surface area contributed by atoms with Gasteiger partial charge in [0.05, 0.1) is 0 Å². The van der Waals surface area contributed by atoms with Crippen molar-refractivity contribution in [3.8, 4) is 0 Å². The second kappa shape index (κ2) is 6.55. The molecule has 0 fully saturated rings. The van der Waals surface area contributed by atoms with E-state index in [4.69, 9.17) is 4.98 Å². The summed E-state index contributed by atoms with van der Waals surface area (Å²) in [5.41, 5.74) is 5.83. The fraction of sp³-hybridized carbons (Fsp3) is 0.238. The summed E-state index contributed by atoms with van der Waals surface area (Å²) in [6, 6.07) is 18.8. The van der Waals surface area contributed by atoms with Gasteiger partial charge in [0.15, 0.2) is 0 Å².